The normalized spacial score (nSPS) is 15.8. The van der Waals surface area contributed by atoms with Crippen LogP contribution >= 0.6 is 0 Å². The van der Waals surface area contributed by atoms with E-state index in [9.17, 15) is 58.5 Å². The summed E-state index contributed by atoms with van der Waals surface area (Å²) < 4.78 is 0. The Labute approximate surface area is 571 Å². The van der Waals surface area contributed by atoms with Crippen molar-refractivity contribution in [3.8, 4) is 5.75 Å². The largest absolute Gasteiger partial charge is 0.508 e. The lowest BCUT2D eigenvalue weighted by Gasteiger charge is -2.38. The maximum atomic E-state index is 15.3. The third kappa shape index (κ3) is 21.9. The van der Waals surface area contributed by atoms with Gasteiger partial charge in [0.15, 0.2) is 0 Å². The quantitative estimate of drug-likeness (QED) is 0.0262. The van der Waals surface area contributed by atoms with Crippen molar-refractivity contribution >= 4 is 92.8 Å². The van der Waals surface area contributed by atoms with Gasteiger partial charge in [-0.3, -0.25) is 52.7 Å². The molecule has 1 saturated heterocycles. The molecule has 4 aromatic carbocycles. The second kappa shape index (κ2) is 36.1. The van der Waals surface area contributed by atoms with E-state index in [2.05, 4.69) is 52.5 Å². The number of likely N-dealkylation sites (tertiary alicyclic amines) is 1. The molecule has 530 valence electrons. The van der Waals surface area contributed by atoms with Gasteiger partial charge in [0.2, 0.25) is 59.1 Å². The van der Waals surface area contributed by atoms with Crippen LogP contribution in [0, 0.1) is 11.8 Å². The van der Waals surface area contributed by atoms with E-state index in [0.29, 0.717) is 63.3 Å². The molecule has 1 aliphatic rings. The first-order chi connectivity index (χ1) is 47.2. The van der Waals surface area contributed by atoms with Crippen LogP contribution in [-0.2, 0) is 83.2 Å². The molecule has 29 nitrogen and oxygen atoms in total. The molecule has 0 saturated carbocycles. The molecule has 19 N–H and O–H groups in total. The smallest absolute Gasteiger partial charge is 0.326 e. The molecule has 2 aromatic heterocycles. The van der Waals surface area contributed by atoms with Gasteiger partial charge in [0.1, 0.15) is 60.1 Å². The molecule has 1 aliphatic heterocycles. The number of carboxylic acids is 2. The van der Waals surface area contributed by atoms with Crippen LogP contribution in [0.3, 0.4) is 0 Å². The average Bonchev–Trinajstić information content (AvgIpc) is 1.78. The lowest BCUT2D eigenvalue weighted by Crippen LogP contribution is -2.62. The van der Waals surface area contributed by atoms with E-state index >= 15 is 14.4 Å². The van der Waals surface area contributed by atoms with Crippen molar-refractivity contribution in [3.05, 3.63) is 138 Å². The molecule has 10 atom stereocenters. The molecule has 0 bridgehead atoms. The highest BCUT2D eigenvalue weighted by molar-refractivity contribution is 6.01. The summed E-state index contributed by atoms with van der Waals surface area (Å²) in [6.07, 6.45) is 1.82. The number of fused-ring (bicyclic) bond motifs is 2. The summed E-state index contributed by atoms with van der Waals surface area (Å²) in [4.78, 5) is 175. The van der Waals surface area contributed by atoms with Crippen molar-refractivity contribution in [2.45, 2.75) is 165 Å². The van der Waals surface area contributed by atoms with Crippen LogP contribution in [0.1, 0.15) is 101 Å². The molecule has 0 aliphatic carbocycles. The summed E-state index contributed by atoms with van der Waals surface area (Å²) in [5.74, 6) is -12.8. The van der Waals surface area contributed by atoms with Crippen LogP contribution < -0.4 is 59.7 Å². The minimum Gasteiger partial charge on any atom is -0.508 e. The molecule has 3 heterocycles. The Kier molecular flexibility index (Phi) is 27.6. The molecule has 0 radical (unpaired) electrons. The number of phenols is 1. The Hall–Kier alpha value is -10.7. The monoisotopic (exact) mass is 1370 g/mol. The fourth-order valence-electron chi connectivity index (χ4n) is 11.8. The van der Waals surface area contributed by atoms with Gasteiger partial charge in [0.25, 0.3) is 0 Å². The van der Waals surface area contributed by atoms with Crippen LogP contribution in [0.5, 0.6) is 5.75 Å². The zero-order chi connectivity index (χ0) is 72.0. The number of rotatable bonds is 36. The van der Waals surface area contributed by atoms with Crippen LogP contribution in [-0.4, -0.2) is 175 Å². The van der Waals surface area contributed by atoms with Crippen molar-refractivity contribution in [1.29, 1.82) is 0 Å². The highest BCUT2D eigenvalue weighted by Gasteiger charge is 2.41. The highest BCUT2D eigenvalue weighted by atomic mass is 16.4. The van der Waals surface area contributed by atoms with E-state index in [-0.39, 0.29) is 75.6 Å². The standard InChI is InChI=1S/C70H90N14O15/c1-38(2)29-50(77-61(89)49(21-14-27-71)76-68(96)60(73)39(3)4)62(90)82-55(31-41-23-25-44(85)26-24-41)69(97)84-28-13-12-22-57(84)67(95)81-52(32-42-36-74-47-19-10-8-17-45(42)47)64(92)78-51(30-40-15-6-5-7-16-40)63(91)79-53(34-58(72)86)65(93)80-54(35-59(87)88)66(94)83-56(70(98)99)33-43-37-75-48-20-11-9-18-46(43)48/h5-11,15-20,23-26,36-39,49-57,60,74-75,85H,12-14,21-22,27-35,71,73H2,1-4H3,(H2,72,86)(H,76,96)(H,77,89)(H,78,92)(H,79,91)(H,80,93)(H,81,95)(H,82,90)(H,83,94)(H,87,88)(H,98,99)/t49-,50-,51-,52-,53-,54-,55-,56-,57-,60-/m0/s1. The zero-order valence-electron chi connectivity index (χ0n) is 55.7. The van der Waals surface area contributed by atoms with E-state index in [1.54, 1.807) is 117 Å². The average molecular weight is 1370 g/mol. The molecule has 0 spiro atoms. The molecular formula is C70H90N14O15. The second-order valence-corrected chi connectivity index (χ2v) is 25.7. The Morgan fingerprint density at radius 2 is 0.990 bits per heavy atom. The number of aromatic hydroxyl groups is 1. The Morgan fingerprint density at radius 1 is 0.525 bits per heavy atom. The SMILES string of the molecule is CC(C)C[C@H](NC(=O)[C@H](CCCN)NC(=O)[C@@H](N)C(C)C)C(=O)N[C@@H](Cc1ccc(O)cc1)C(=O)N1CCCC[C@H]1C(=O)N[C@@H](Cc1c[nH]c2ccccc12)C(=O)N[C@@H](Cc1ccccc1)C(=O)N[C@@H](CC(N)=O)C(=O)N[C@@H](CC(=O)O)C(=O)N[C@@H](Cc1c[nH]c2ccccc12)C(=O)O. The number of para-hydroxylation sites is 2. The first-order valence-electron chi connectivity index (χ1n) is 33.0. The number of amides is 10. The van der Waals surface area contributed by atoms with E-state index in [1.165, 1.54) is 17.0 Å². The summed E-state index contributed by atoms with van der Waals surface area (Å²) in [6.45, 7) is 7.38. The lowest BCUT2D eigenvalue weighted by molar-refractivity contribution is -0.146. The third-order valence-corrected chi connectivity index (χ3v) is 17.2. The molecule has 6 aromatic rings. The number of nitrogens with one attached hydrogen (secondary N) is 10. The van der Waals surface area contributed by atoms with Crippen molar-refractivity contribution in [2.24, 2.45) is 29.0 Å². The van der Waals surface area contributed by atoms with E-state index in [4.69, 9.17) is 17.2 Å². The summed E-state index contributed by atoms with van der Waals surface area (Å²) >= 11 is 0. The number of carboxylic acid groups (broad SMARTS) is 2. The predicted octanol–water partition coefficient (Wildman–Crippen LogP) is 1.09. The summed E-state index contributed by atoms with van der Waals surface area (Å²) in [5.41, 5.74) is 20.9. The molecule has 1 fully saturated rings. The van der Waals surface area contributed by atoms with E-state index in [0.717, 1.165) is 0 Å². The topological polar surface area (TPSA) is 475 Å². The third-order valence-electron chi connectivity index (χ3n) is 17.2. The number of aliphatic carboxylic acids is 2. The molecule has 99 heavy (non-hydrogen) atoms. The minimum atomic E-state index is -1.97. The van der Waals surface area contributed by atoms with Gasteiger partial charge < -0.3 is 89.9 Å². The first-order valence-corrected chi connectivity index (χ1v) is 33.0. The van der Waals surface area contributed by atoms with Gasteiger partial charge in [0, 0.05) is 66.4 Å². The van der Waals surface area contributed by atoms with Crippen molar-refractivity contribution in [3.63, 3.8) is 0 Å². The zero-order valence-corrected chi connectivity index (χ0v) is 55.7. The van der Waals surface area contributed by atoms with Crippen LogP contribution in [0.4, 0.5) is 0 Å². The van der Waals surface area contributed by atoms with Gasteiger partial charge in [-0.1, -0.05) is 107 Å². The summed E-state index contributed by atoms with van der Waals surface area (Å²) in [6, 6.07) is 13.7. The Balaban J connectivity index is 1.15. The van der Waals surface area contributed by atoms with Crippen molar-refractivity contribution in [1.82, 2.24) is 57.4 Å². The number of primary amides is 1. The number of piperidine rings is 1. The van der Waals surface area contributed by atoms with Gasteiger partial charge in [0.05, 0.1) is 18.9 Å². The summed E-state index contributed by atoms with van der Waals surface area (Å²) in [5, 5.41) is 52.5. The number of benzene rings is 4. The van der Waals surface area contributed by atoms with E-state index < -0.39 is 144 Å². The fraction of sp³-hybridized carbons (Fsp3) is 0.429. The minimum absolute atomic E-state index is 0.0150. The number of phenolic OH excluding ortho intramolecular Hbond substituents is 1. The number of hydrogen-bond acceptors (Lipinski definition) is 15. The van der Waals surface area contributed by atoms with Crippen LogP contribution in [0.2, 0.25) is 0 Å². The predicted molar refractivity (Wildman–Crippen MR) is 365 cm³/mol. The Bertz CT molecular complexity index is 3840. The number of nitrogens with zero attached hydrogens (tertiary/aromatic N) is 1. The van der Waals surface area contributed by atoms with Crippen molar-refractivity contribution in [2.75, 3.05) is 13.1 Å². The van der Waals surface area contributed by atoms with Gasteiger partial charge in [-0.15, -0.1) is 0 Å². The number of carbonyl (C=O) groups excluding carboxylic acids is 10. The molecule has 29 heteroatoms. The number of hydrogen-bond donors (Lipinski definition) is 16. The van der Waals surface area contributed by atoms with Gasteiger partial charge >= 0.3 is 11.9 Å². The highest BCUT2D eigenvalue weighted by Crippen LogP contribution is 2.25. The van der Waals surface area contributed by atoms with Gasteiger partial charge in [-0.05, 0) is 103 Å². The molecular weight excluding hydrogens is 1280 g/mol. The van der Waals surface area contributed by atoms with Crippen molar-refractivity contribution < 1.29 is 72.9 Å². The summed E-state index contributed by atoms with van der Waals surface area (Å²) in [7, 11) is 0. The Morgan fingerprint density at radius 3 is 1.55 bits per heavy atom. The number of aromatic nitrogens is 2. The maximum Gasteiger partial charge on any atom is 0.326 e. The van der Waals surface area contributed by atoms with Gasteiger partial charge in [-0.25, -0.2) is 4.79 Å². The van der Waals surface area contributed by atoms with Crippen LogP contribution in [0.25, 0.3) is 21.8 Å². The molecule has 10 amide bonds. The molecule has 0 unspecified atom stereocenters. The number of aromatic amines is 2. The van der Waals surface area contributed by atoms with Gasteiger partial charge in [-0.2, -0.15) is 0 Å². The number of carbonyl (C=O) groups is 12. The fourth-order valence-corrected chi connectivity index (χ4v) is 11.8. The number of H-pyrrole nitrogens is 2. The van der Waals surface area contributed by atoms with E-state index in [1.807, 2.05) is 13.8 Å². The van der Waals surface area contributed by atoms with Crippen LogP contribution in [0.15, 0.2) is 116 Å². The number of nitrogens with two attached hydrogens (primary N) is 3. The first kappa shape index (κ1) is 75.7. The molecule has 7 rings (SSSR count). The second-order valence-electron chi connectivity index (χ2n) is 25.7. The maximum absolute atomic E-state index is 15.3. The lowest BCUT2D eigenvalue weighted by atomic mass is 9.96.